The van der Waals surface area contributed by atoms with Gasteiger partial charge in [-0.2, -0.15) is 4.98 Å². The smallest absolute Gasteiger partial charge is 0.381 e. The Labute approximate surface area is 153 Å². The zero-order valence-corrected chi connectivity index (χ0v) is 15.4. The van der Waals surface area contributed by atoms with Crippen molar-refractivity contribution in [1.29, 1.82) is 0 Å². The molecule has 0 bridgehead atoms. The van der Waals surface area contributed by atoms with Gasteiger partial charge >= 0.3 is 12.0 Å². The Hall–Kier alpha value is -2.79. The Morgan fingerprint density at radius 1 is 1.19 bits per heavy atom. The normalized spacial score (nSPS) is 10.8. The molecular formula is C15H15N3O6S2. The van der Waals surface area contributed by atoms with Crippen molar-refractivity contribution < 1.29 is 27.5 Å². The van der Waals surface area contributed by atoms with E-state index in [1.165, 1.54) is 24.4 Å². The fourth-order valence-corrected chi connectivity index (χ4v) is 3.20. The number of sulfonamides is 1. The lowest BCUT2D eigenvalue weighted by atomic mass is 10.2. The molecule has 138 valence electrons. The molecule has 1 heterocycles. The molecule has 0 spiro atoms. The first-order valence-corrected chi connectivity index (χ1v) is 9.68. The molecule has 2 amide bonds. The van der Waals surface area contributed by atoms with Crippen molar-refractivity contribution in [2.75, 3.05) is 5.32 Å². The SMILES string of the molecule is CCC(=O)C(=O)Oc1csc(NC(=O)NS(=O)(=O)c2ccc(C)cc2)n1. The molecule has 2 N–H and O–H groups in total. The number of ether oxygens (including phenoxy) is 1. The van der Waals surface area contributed by atoms with E-state index in [1.807, 2.05) is 4.72 Å². The standard InChI is InChI=1S/C15H15N3O6S2/c1-3-11(19)13(20)24-12-8-25-15(16-12)17-14(21)18-26(22,23)10-6-4-9(2)5-7-10/h4-8H,3H2,1-2H3,(H2,16,17,18,21). The van der Waals surface area contributed by atoms with Crippen LogP contribution >= 0.6 is 11.3 Å². The van der Waals surface area contributed by atoms with E-state index < -0.39 is 27.8 Å². The van der Waals surface area contributed by atoms with Crippen LogP contribution < -0.4 is 14.8 Å². The van der Waals surface area contributed by atoms with Crippen molar-refractivity contribution in [3.63, 3.8) is 0 Å². The van der Waals surface area contributed by atoms with Gasteiger partial charge in [0.2, 0.25) is 11.7 Å². The first-order chi connectivity index (χ1) is 12.2. The number of nitrogens with one attached hydrogen (secondary N) is 2. The highest BCUT2D eigenvalue weighted by Crippen LogP contribution is 2.21. The molecule has 0 radical (unpaired) electrons. The molecule has 0 atom stereocenters. The fraction of sp³-hybridized carbons (Fsp3) is 0.200. The highest BCUT2D eigenvalue weighted by molar-refractivity contribution is 7.90. The van der Waals surface area contributed by atoms with Crippen LogP contribution in [0.5, 0.6) is 5.88 Å². The van der Waals surface area contributed by atoms with Crippen LogP contribution in [0, 0.1) is 6.92 Å². The molecule has 11 heteroatoms. The number of carbonyl (C=O) groups excluding carboxylic acids is 3. The molecule has 0 unspecified atom stereocenters. The predicted octanol–water partition coefficient (Wildman–Crippen LogP) is 1.85. The highest BCUT2D eigenvalue weighted by Gasteiger charge is 2.19. The van der Waals surface area contributed by atoms with Crippen LogP contribution in [0.1, 0.15) is 18.9 Å². The number of ketones is 1. The first-order valence-electron chi connectivity index (χ1n) is 7.32. The number of carbonyl (C=O) groups is 3. The molecular weight excluding hydrogens is 382 g/mol. The number of nitrogens with zero attached hydrogens (tertiary/aromatic N) is 1. The lowest BCUT2D eigenvalue weighted by molar-refractivity contribution is -0.147. The summed E-state index contributed by atoms with van der Waals surface area (Å²) >= 11 is 0.897. The molecule has 1 aromatic heterocycles. The lowest BCUT2D eigenvalue weighted by Gasteiger charge is -2.07. The number of urea groups is 1. The minimum absolute atomic E-state index is 0.00615. The van der Waals surface area contributed by atoms with Crippen molar-refractivity contribution in [2.45, 2.75) is 25.2 Å². The summed E-state index contributed by atoms with van der Waals surface area (Å²) in [5.74, 6) is -1.94. The Balaban J connectivity index is 1.99. The average Bonchev–Trinajstić information content (AvgIpc) is 3.00. The van der Waals surface area contributed by atoms with E-state index >= 15 is 0 Å². The summed E-state index contributed by atoms with van der Waals surface area (Å²) in [7, 11) is -4.04. The first kappa shape index (κ1) is 19.5. The number of rotatable bonds is 6. The van der Waals surface area contributed by atoms with Crippen LogP contribution in [0.15, 0.2) is 34.5 Å². The predicted molar refractivity (Wildman–Crippen MR) is 93.6 cm³/mol. The molecule has 0 fully saturated rings. The monoisotopic (exact) mass is 397 g/mol. The quantitative estimate of drug-likeness (QED) is 0.561. The molecule has 0 aliphatic carbocycles. The third kappa shape index (κ3) is 5.10. The van der Waals surface area contributed by atoms with Crippen molar-refractivity contribution in [1.82, 2.24) is 9.71 Å². The zero-order chi connectivity index (χ0) is 19.3. The number of Topliss-reactive ketones (excluding diaryl/α,β-unsaturated/α-hetero) is 1. The Bertz CT molecular complexity index is 935. The van der Waals surface area contributed by atoms with Gasteiger partial charge in [-0.15, -0.1) is 11.3 Å². The second kappa shape index (κ2) is 8.06. The maximum absolute atomic E-state index is 12.1. The highest BCUT2D eigenvalue weighted by atomic mass is 32.2. The third-order valence-corrected chi connectivity index (χ3v) is 5.09. The van der Waals surface area contributed by atoms with Crippen LogP contribution in [-0.2, 0) is 19.6 Å². The number of aromatic nitrogens is 1. The van der Waals surface area contributed by atoms with Crippen molar-refractivity contribution >= 4 is 44.3 Å². The molecule has 26 heavy (non-hydrogen) atoms. The number of aryl methyl sites for hydroxylation is 1. The second-order valence-corrected chi connectivity index (χ2v) is 7.57. The van der Waals surface area contributed by atoms with E-state index in [9.17, 15) is 22.8 Å². The van der Waals surface area contributed by atoms with Gasteiger partial charge in [0.15, 0.2) is 5.13 Å². The molecule has 2 rings (SSSR count). The van der Waals surface area contributed by atoms with Crippen LogP contribution in [0.4, 0.5) is 9.93 Å². The minimum atomic E-state index is -4.04. The number of amides is 2. The third-order valence-electron chi connectivity index (χ3n) is 3.01. The Morgan fingerprint density at radius 2 is 1.85 bits per heavy atom. The van der Waals surface area contributed by atoms with Crippen molar-refractivity contribution in [3.8, 4) is 5.88 Å². The molecule has 9 nitrogen and oxygen atoms in total. The summed E-state index contributed by atoms with van der Waals surface area (Å²) in [5.41, 5.74) is 0.875. The van der Waals surface area contributed by atoms with E-state index in [-0.39, 0.29) is 22.3 Å². The molecule has 0 saturated carbocycles. The van der Waals surface area contributed by atoms with Gasteiger partial charge in [-0.1, -0.05) is 24.6 Å². The van der Waals surface area contributed by atoms with Gasteiger partial charge in [0.05, 0.1) is 10.3 Å². The average molecular weight is 397 g/mol. The van der Waals surface area contributed by atoms with Gasteiger partial charge in [-0.25, -0.2) is 22.7 Å². The summed E-state index contributed by atoms with van der Waals surface area (Å²) in [6.07, 6.45) is -0.00659. The zero-order valence-electron chi connectivity index (χ0n) is 13.8. The van der Waals surface area contributed by atoms with Crippen molar-refractivity contribution in [3.05, 3.63) is 35.2 Å². The Kier molecular flexibility index (Phi) is 6.05. The molecule has 1 aromatic carbocycles. The summed E-state index contributed by atoms with van der Waals surface area (Å²) in [6, 6.07) is 4.92. The number of hydrogen-bond acceptors (Lipinski definition) is 8. The van der Waals surface area contributed by atoms with Gasteiger partial charge in [0.25, 0.3) is 10.0 Å². The second-order valence-electron chi connectivity index (χ2n) is 5.03. The van der Waals surface area contributed by atoms with Gasteiger partial charge in [-0.3, -0.25) is 10.1 Å². The van der Waals surface area contributed by atoms with Crippen molar-refractivity contribution in [2.24, 2.45) is 0 Å². The molecule has 0 aliphatic heterocycles. The fourth-order valence-electron chi connectivity index (χ4n) is 1.68. The summed E-state index contributed by atoms with van der Waals surface area (Å²) in [5, 5.41) is 3.51. The molecule has 2 aromatic rings. The summed E-state index contributed by atoms with van der Waals surface area (Å²) in [6.45, 7) is 3.31. The molecule has 0 aliphatic rings. The van der Waals surface area contributed by atoms with E-state index in [0.29, 0.717) is 0 Å². The maximum Gasteiger partial charge on any atom is 0.381 e. The van der Waals surface area contributed by atoms with Crippen LogP contribution in [0.25, 0.3) is 0 Å². The lowest BCUT2D eigenvalue weighted by Crippen LogP contribution is -2.34. The van der Waals surface area contributed by atoms with Crippen LogP contribution in [0.2, 0.25) is 0 Å². The molecule has 0 saturated heterocycles. The van der Waals surface area contributed by atoms with Gasteiger partial charge in [-0.05, 0) is 19.1 Å². The number of thiazole rings is 1. The number of esters is 1. The van der Waals surface area contributed by atoms with Gasteiger partial charge < -0.3 is 4.74 Å². The minimum Gasteiger partial charge on any atom is -0.401 e. The number of anilines is 1. The largest absolute Gasteiger partial charge is 0.401 e. The Morgan fingerprint density at radius 3 is 2.46 bits per heavy atom. The summed E-state index contributed by atoms with van der Waals surface area (Å²) in [4.78, 5) is 38.1. The van der Waals surface area contributed by atoms with Crippen LogP contribution in [-0.4, -0.2) is 31.2 Å². The van der Waals surface area contributed by atoms with E-state index in [0.717, 1.165) is 16.9 Å². The van der Waals surface area contributed by atoms with E-state index in [4.69, 9.17) is 4.74 Å². The van der Waals surface area contributed by atoms with E-state index in [1.54, 1.807) is 19.1 Å². The number of hydrogen-bond donors (Lipinski definition) is 2. The van der Waals surface area contributed by atoms with Gasteiger partial charge in [0.1, 0.15) is 0 Å². The van der Waals surface area contributed by atoms with Crippen LogP contribution in [0.3, 0.4) is 0 Å². The maximum atomic E-state index is 12.1. The van der Waals surface area contributed by atoms with E-state index in [2.05, 4.69) is 10.3 Å². The van der Waals surface area contributed by atoms with Gasteiger partial charge in [0, 0.05) is 6.42 Å². The topological polar surface area (TPSA) is 132 Å². The summed E-state index contributed by atoms with van der Waals surface area (Å²) < 4.78 is 30.8. The number of benzene rings is 1.